The van der Waals surface area contributed by atoms with Crippen LogP contribution in [0.5, 0.6) is 0 Å². The lowest BCUT2D eigenvalue weighted by molar-refractivity contribution is -0.137. The summed E-state index contributed by atoms with van der Waals surface area (Å²) in [5, 5.41) is 9.33. The highest BCUT2D eigenvalue weighted by Crippen LogP contribution is 2.25. The second kappa shape index (κ2) is 7.47. The quantitative estimate of drug-likeness (QED) is 0.872. The minimum absolute atomic E-state index is 0.135. The predicted molar refractivity (Wildman–Crippen MR) is 78.6 cm³/mol. The number of carbonyl (C=O) groups excluding carboxylic acids is 1. The van der Waals surface area contributed by atoms with Gasteiger partial charge >= 0.3 is 5.97 Å². The number of likely N-dealkylation sites (N-methyl/N-ethyl adjacent to an activating group) is 1. The first kappa shape index (κ1) is 16.8. The summed E-state index contributed by atoms with van der Waals surface area (Å²) in [7, 11) is 3.68. The Morgan fingerprint density at radius 2 is 1.70 bits per heavy atom. The van der Waals surface area contributed by atoms with Gasteiger partial charge in [0.2, 0.25) is 0 Å². The van der Waals surface area contributed by atoms with Crippen molar-refractivity contribution in [2.75, 3.05) is 33.7 Å². The molecule has 20 heavy (non-hydrogen) atoms. The summed E-state index contributed by atoms with van der Waals surface area (Å²) in [6.07, 6.45) is 0. The van der Waals surface area contributed by atoms with Crippen molar-refractivity contribution >= 4 is 35.1 Å². The molecule has 0 saturated carbocycles. The number of benzene rings is 1. The van der Waals surface area contributed by atoms with E-state index in [1.165, 1.54) is 4.90 Å². The molecule has 7 heteroatoms. The van der Waals surface area contributed by atoms with Crippen LogP contribution in [-0.2, 0) is 4.79 Å². The Kier molecular flexibility index (Phi) is 6.26. The van der Waals surface area contributed by atoms with Crippen molar-refractivity contribution < 1.29 is 14.7 Å². The standard InChI is InChI=1S/C13H16Cl2N2O3/c1-16(2)6-7-17(8-11(18)19)13(20)12-9(14)4-3-5-10(12)15/h3-5H,6-8H2,1-2H3,(H,18,19). The molecule has 1 amide bonds. The van der Waals surface area contributed by atoms with Gasteiger partial charge in [-0.3, -0.25) is 9.59 Å². The van der Waals surface area contributed by atoms with Crippen LogP contribution in [0.2, 0.25) is 10.0 Å². The van der Waals surface area contributed by atoms with Gasteiger partial charge in [0.1, 0.15) is 6.54 Å². The maximum atomic E-state index is 12.4. The molecule has 110 valence electrons. The van der Waals surface area contributed by atoms with E-state index >= 15 is 0 Å². The molecule has 0 saturated heterocycles. The fourth-order valence-electron chi connectivity index (χ4n) is 1.60. The molecule has 0 aliphatic heterocycles. The predicted octanol–water partition coefficient (Wildman–Crippen LogP) is 2.08. The molecular formula is C13H16Cl2N2O3. The highest BCUT2D eigenvalue weighted by atomic mass is 35.5. The summed E-state index contributed by atoms with van der Waals surface area (Å²) in [5.74, 6) is -1.56. The molecular weight excluding hydrogens is 303 g/mol. The zero-order valence-electron chi connectivity index (χ0n) is 11.3. The molecule has 0 spiro atoms. The van der Waals surface area contributed by atoms with Gasteiger partial charge in [-0.15, -0.1) is 0 Å². The summed E-state index contributed by atoms with van der Waals surface area (Å²) in [6, 6.07) is 4.72. The minimum Gasteiger partial charge on any atom is -0.480 e. The average Bonchev–Trinajstić information content (AvgIpc) is 2.33. The highest BCUT2D eigenvalue weighted by molar-refractivity contribution is 6.39. The van der Waals surface area contributed by atoms with Gasteiger partial charge in [-0.1, -0.05) is 29.3 Å². The number of carboxylic acids is 1. The lowest BCUT2D eigenvalue weighted by atomic mass is 10.2. The van der Waals surface area contributed by atoms with E-state index in [1.54, 1.807) is 18.2 Å². The molecule has 1 rings (SSSR count). The Balaban J connectivity index is 3.00. The van der Waals surface area contributed by atoms with E-state index in [1.807, 2.05) is 19.0 Å². The minimum atomic E-state index is -1.08. The van der Waals surface area contributed by atoms with Crippen LogP contribution in [0.3, 0.4) is 0 Å². The smallest absolute Gasteiger partial charge is 0.323 e. The number of carboxylic acid groups (broad SMARTS) is 1. The molecule has 1 aromatic rings. The highest BCUT2D eigenvalue weighted by Gasteiger charge is 2.23. The van der Waals surface area contributed by atoms with Gasteiger partial charge < -0.3 is 14.9 Å². The number of nitrogens with zero attached hydrogens (tertiary/aromatic N) is 2. The largest absolute Gasteiger partial charge is 0.480 e. The Morgan fingerprint density at radius 3 is 2.15 bits per heavy atom. The van der Waals surface area contributed by atoms with Crippen LogP contribution >= 0.6 is 23.2 Å². The molecule has 5 nitrogen and oxygen atoms in total. The number of hydrogen-bond acceptors (Lipinski definition) is 3. The normalized spacial score (nSPS) is 10.7. The Hall–Kier alpha value is -1.30. The number of rotatable bonds is 6. The van der Waals surface area contributed by atoms with Crippen LogP contribution in [0.25, 0.3) is 0 Å². The molecule has 0 aromatic heterocycles. The molecule has 0 aliphatic rings. The van der Waals surface area contributed by atoms with Crippen molar-refractivity contribution in [3.05, 3.63) is 33.8 Å². The molecule has 1 N–H and O–H groups in total. The van der Waals surface area contributed by atoms with E-state index in [9.17, 15) is 9.59 Å². The van der Waals surface area contributed by atoms with E-state index in [0.29, 0.717) is 6.54 Å². The molecule has 0 aliphatic carbocycles. The van der Waals surface area contributed by atoms with Gasteiger partial charge in [0.15, 0.2) is 0 Å². The van der Waals surface area contributed by atoms with Crippen LogP contribution in [0, 0.1) is 0 Å². The van der Waals surface area contributed by atoms with Crippen molar-refractivity contribution in [1.29, 1.82) is 0 Å². The SMILES string of the molecule is CN(C)CCN(CC(=O)O)C(=O)c1c(Cl)cccc1Cl. The third kappa shape index (κ3) is 4.67. The molecule has 1 aromatic carbocycles. The second-order valence-corrected chi connectivity index (χ2v) is 5.33. The average molecular weight is 319 g/mol. The number of halogens is 2. The molecule has 0 unspecified atom stereocenters. The van der Waals surface area contributed by atoms with E-state index < -0.39 is 18.4 Å². The van der Waals surface area contributed by atoms with Crippen molar-refractivity contribution in [3.63, 3.8) is 0 Å². The molecule has 0 heterocycles. The fraction of sp³-hybridized carbons (Fsp3) is 0.385. The van der Waals surface area contributed by atoms with Crippen LogP contribution in [0.4, 0.5) is 0 Å². The zero-order chi connectivity index (χ0) is 15.3. The first-order valence-corrected chi connectivity index (χ1v) is 6.68. The van der Waals surface area contributed by atoms with Gasteiger partial charge in [0.05, 0.1) is 15.6 Å². The second-order valence-electron chi connectivity index (χ2n) is 4.52. The van der Waals surface area contributed by atoms with E-state index in [4.69, 9.17) is 28.3 Å². The van der Waals surface area contributed by atoms with Gasteiger partial charge in [0.25, 0.3) is 5.91 Å². The number of carbonyl (C=O) groups is 2. The fourth-order valence-corrected chi connectivity index (χ4v) is 2.16. The topological polar surface area (TPSA) is 60.9 Å². The lowest BCUT2D eigenvalue weighted by Gasteiger charge is -2.23. The zero-order valence-corrected chi connectivity index (χ0v) is 12.8. The van der Waals surface area contributed by atoms with Gasteiger partial charge in [-0.2, -0.15) is 0 Å². The Morgan fingerprint density at radius 1 is 1.15 bits per heavy atom. The Labute approximate surface area is 127 Å². The van der Waals surface area contributed by atoms with Crippen molar-refractivity contribution in [3.8, 4) is 0 Å². The summed E-state index contributed by atoms with van der Waals surface area (Å²) in [6.45, 7) is 0.426. The third-order valence-electron chi connectivity index (χ3n) is 2.61. The van der Waals surface area contributed by atoms with E-state index in [-0.39, 0.29) is 22.2 Å². The van der Waals surface area contributed by atoms with Crippen LogP contribution < -0.4 is 0 Å². The summed E-state index contributed by atoms with van der Waals surface area (Å²) < 4.78 is 0. The van der Waals surface area contributed by atoms with Gasteiger partial charge in [-0.25, -0.2) is 0 Å². The van der Waals surface area contributed by atoms with Gasteiger partial charge in [-0.05, 0) is 26.2 Å². The van der Waals surface area contributed by atoms with Crippen molar-refractivity contribution in [1.82, 2.24) is 9.80 Å². The van der Waals surface area contributed by atoms with Crippen molar-refractivity contribution in [2.24, 2.45) is 0 Å². The number of hydrogen-bond donors (Lipinski definition) is 1. The first-order valence-electron chi connectivity index (χ1n) is 5.92. The summed E-state index contributed by atoms with van der Waals surface area (Å²) >= 11 is 12.0. The first-order chi connectivity index (χ1) is 9.32. The Bertz CT molecular complexity index is 486. The maximum absolute atomic E-state index is 12.4. The molecule has 0 atom stereocenters. The lowest BCUT2D eigenvalue weighted by Crippen LogP contribution is -2.40. The van der Waals surface area contributed by atoms with Crippen LogP contribution in [-0.4, -0.2) is 60.5 Å². The molecule has 0 fully saturated rings. The monoisotopic (exact) mass is 318 g/mol. The van der Waals surface area contributed by atoms with Gasteiger partial charge in [0, 0.05) is 13.1 Å². The summed E-state index contributed by atoms with van der Waals surface area (Å²) in [5.41, 5.74) is 0.135. The van der Waals surface area contributed by atoms with E-state index in [2.05, 4.69) is 0 Å². The van der Waals surface area contributed by atoms with Crippen molar-refractivity contribution in [2.45, 2.75) is 0 Å². The van der Waals surface area contributed by atoms with Crippen LogP contribution in [0.15, 0.2) is 18.2 Å². The third-order valence-corrected chi connectivity index (χ3v) is 3.24. The molecule has 0 radical (unpaired) electrons. The molecule has 0 bridgehead atoms. The van der Waals surface area contributed by atoms with E-state index in [0.717, 1.165) is 0 Å². The van der Waals surface area contributed by atoms with Crippen LogP contribution in [0.1, 0.15) is 10.4 Å². The maximum Gasteiger partial charge on any atom is 0.323 e. The summed E-state index contributed by atoms with van der Waals surface area (Å²) in [4.78, 5) is 26.4. The number of amides is 1. The number of aliphatic carboxylic acids is 1.